The fourth-order valence-electron chi connectivity index (χ4n) is 2.90. The molecule has 1 aliphatic heterocycles. The number of nitrogens with zero attached hydrogens (tertiary/aromatic N) is 4. The Bertz CT molecular complexity index is 1300. The molecule has 0 saturated heterocycles. The van der Waals surface area contributed by atoms with Gasteiger partial charge in [0.2, 0.25) is 16.8 Å². The lowest BCUT2D eigenvalue weighted by Gasteiger charge is -2.12. The van der Waals surface area contributed by atoms with Crippen molar-refractivity contribution in [3.05, 3.63) is 24.0 Å². The van der Waals surface area contributed by atoms with E-state index in [2.05, 4.69) is 25.6 Å². The first kappa shape index (κ1) is 21.2. The maximum absolute atomic E-state index is 12.1. The smallest absolute Gasteiger partial charge is 0.231 e. The number of hydrogen-bond donors (Lipinski definition) is 2. The summed E-state index contributed by atoms with van der Waals surface area (Å²) in [5.74, 6) is 4.06. The number of imidazole rings is 1. The van der Waals surface area contributed by atoms with Crippen molar-refractivity contribution < 1.29 is 17.9 Å². The van der Waals surface area contributed by atoms with E-state index in [0.717, 1.165) is 4.90 Å². The van der Waals surface area contributed by atoms with Crippen LogP contribution < -0.4 is 19.9 Å². The molecule has 0 amide bonds. The minimum Gasteiger partial charge on any atom is -0.454 e. The van der Waals surface area contributed by atoms with Crippen LogP contribution in [0, 0.1) is 12.3 Å². The average Bonchev–Trinajstić information content (AvgIpc) is 3.32. The van der Waals surface area contributed by atoms with Gasteiger partial charge in [-0.2, -0.15) is 0 Å². The summed E-state index contributed by atoms with van der Waals surface area (Å²) in [5.41, 5.74) is 7.53. The van der Waals surface area contributed by atoms with Gasteiger partial charge in [0.15, 0.2) is 33.6 Å². The quantitative estimate of drug-likeness (QED) is 0.504. The first-order valence-electron chi connectivity index (χ1n) is 9.33. The molecule has 3 N–H and O–H groups in total. The van der Waals surface area contributed by atoms with Crippen molar-refractivity contribution in [2.24, 2.45) is 0 Å². The zero-order valence-corrected chi connectivity index (χ0v) is 18.5. The van der Waals surface area contributed by atoms with Crippen molar-refractivity contribution in [2.75, 3.05) is 19.1 Å². The van der Waals surface area contributed by atoms with Crippen molar-refractivity contribution in [1.29, 1.82) is 0 Å². The lowest BCUT2D eigenvalue weighted by Crippen LogP contribution is -2.33. The molecule has 0 spiro atoms. The van der Waals surface area contributed by atoms with E-state index < -0.39 is 15.3 Å². The summed E-state index contributed by atoms with van der Waals surface area (Å²) in [6, 6.07) is 3.53. The molecule has 0 unspecified atom stereocenters. The van der Waals surface area contributed by atoms with Crippen LogP contribution in [-0.2, 0) is 16.6 Å². The van der Waals surface area contributed by atoms with Gasteiger partial charge in [0.1, 0.15) is 6.33 Å². The largest absolute Gasteiger partial charge is 0.454 e. The molecule has 10 nitrogen and oxygen atoms in total. The number of nitrogens with two attached hydrogens (primary N) is 1. The number of ether oxygens (including phenoxy) is 2. The van der Waals surface area contributed by atoms with E-state index in [-0.39, 0.29) is 25.7 Å². The molecule has 0 atom stereocenters. The van der Waals surface area contributed by atoms with Crippen LogP contribution in [0.25, 0.3) is 11.2 Å². The summed E-state index contributed by atoms with van der Waals surface area (Å²) >= 11 is 1.30. The molecule has 0 saturated carbocycles. The van der Waals surface area contributed by atoms with E-state index in [1.165, 1.54) is 18.1 Å². The molecule has 3 heterocycles. The van der Waals surface area contributed by atoms with E-state index in [0.29, 0.717) is 33.4 Å². The molecule has 3 aromatic rings. The Morgan fingerprint density at radius 3 is 2.77 bits per heavy atom. The minimum atomic E-state index is -3.41. The Morgan fingerprint density at radius 2 is 2.06 bits per heavy atom. The second-order valence-corrected chi connectivity index (χ2v) is 10.2. The van der Waals surface area contributed by atoms with Crippen molar-refractivity contribution >= 4 is 38.8 Å². The molecule has 0 fully saturated rings. The Balaban J connectivity index is 1.70. The SMILES string of the molecule is C#Cc1cc2c(cc1Sc1nc3c(N)ncnc3n1CCNS(=O)(=O)C(C)C)OCO2. The molecule has 12 heteroatoms. The maximum atomic E-state index is 12.1. The summed E-state index contributed by atoms with van der Waals surface area (Å²) in [5, 5.41) is 0.00646. The summed E-state index contributed by atoms with van der Waals surface area (Å²) in [7, 11) is -3.41. The maximum Gasteiger partial charge on any atom is 0.231 e. The highest BCUT2D eigenvalue weighted by Gasteiger charge is 2.22. The summed E-state index contributed by atoms with van der Waals surface area (Å²) in [4.78, 5) is 13.6. The number of terminal acetylenes is 1. The van der Waals surface area contributed by atoms with Crippen LogP contribution in [0.1, 0.15) is 19.4 Å². The van der Waals surface area contributed by atoms with Crippen LogP contribution in [0.2, 0.25) is 0 Å². The predicted octanol–water partition coefficient (Wildman–Crippen LogP) is 1.60. The van der Waals surface area contributed by atoms with E-state index in [4.69, 9.17) is 21.6 Å². The van der Waals surface area contributed by atoms with Crippen molar-refractivity contribution in [3.8, 4) is 23.8 Å². The lowest BCUT2D eigenvalue weighted by molar-refractivity contribution is 0.174. The highest BCUT2D eigenvalue weighted by atomic mass is 32.2. The molecular weight excluding hydrogens is 440 g/mol. The third-order valence-corrected chi connectivity index (χ3v) is 7.52. The van der Waals surface area contributed by atoms with Gasteiger partial charge in [-0.05, 0) is 19.9 Å². The monoisotopic (exact) mass is 460 g/mol. The molecule has 0 radical (unpaired) electrons. The molecule has 162 valence electrons. The Hall–Kier alpha value is -3.01. The number of rotatable bonds is 7. The van der Waals surface area contributed by atoms with E-state index in [1.807, 2.05) is 0 Å². The Morgan fingerprint density at radius 1 is 1.32 bits per heavy atom. The topological polar surface area (TPSA) is 134 Å². The van der Waals surface area contributed by atoms with Crippen LogP contribution in [0.4, 0.5) is 5.82 Å². The van der Waals surface area contributed by atoms with Crippen LogP contribution in [-0.4, -0.2) is 46.5 Å². The van der Waals surface area contributed by atoms with Gasteiger partial charge in [-0.15, -0.1) is 6.42 Å². The Kier molecular flexibility index (Phi) is 5.65. The second kappa shape index (κ2) is 8.26. The normalized spacial score (nSPS) is 13.1. The number of aromatic nitrogens is 4. The number of nitrogen functional groups attached to an aromatic ring is 1. The van der Waals surface area contributed by atoms with Crippen molar-refractivity contribution in [2.45, 2.75) is 35.7 Å². The molecule has 0 bridgehead atoms. The van der Waals surface area contributed by atoms with Crippen molar-refractivity contribution in [1.82, 2.24) is 24.2 Å². The Labute approximate surface area is 183 Å². The first-order valence-corrected chi connectivity index (χ1v) is 11.7. The highest BCUT2D eigenvalue weighted by Crippen LogP contribution is 2.40. The average molecular weight is 461 g/mol. The van der Waals surface area contributed by atoms with Gasteiger partial charge < -0.3 is 19.8 Å². The van der Waals surface area contributed by atoms with Crippen LogP contribution >= 0.6 is 11.8 Å². The molecule has 0 aliphatic carbocycles. The number of nitrogens with one attached hydrogen (secondary N) is 1. The predicted molar refractivity (Wildman–Crippen MR) is 116 cm³/mol. The summed E-state index contributed by atoms with van der Waals surface area (Å²) in [6.45, 7) is 3.81. The third kappa shape index (κ3) is 4.12. The van der Waals surface area contributed by atoms with Crippen LogP contribution in [0.5, 0.6) is 11.5 Å². The van der Waals surface area contributed by atoms with Gasteiger partial charge in [0.05, 0.1) is 5.25 Å². The number of benzene rings is 1. The fraction of sp³-hybridized carbons (Fsp3) is 0.316. The first-order chi connectivity index (χ1) is 14.8. The molecule has 1 aromatic carbocycles. The van der Waals surface area contributed by atoms with E-state index in [1.54, 1.807) is 30.5 Å². The van der Waals surface area contributed by atoms with Gasteiger partial charge in [-0.25, -0.2) is 28.1 Å². The third-order valence-electron chi connectivity index (χ3n) is 4.62. The van der Waals surface area contributed by atoms with Gasteiger partial charge in [0, 0.05) is 29.6 Å². The number of fused-ring (bicyclic) bond motifs is 2. The standard InChI is InChI=1S/C19H20N6O4S2/c1-4-12-7-13-14(29-10-28-13)8-15(12)30-19-24-16-17(20)21-9-22-18(16)25(19)6-5-23-31(26,27)11(2)3/h1,7-9,11,23H,5-6,10H2,2-3H3,(H2,20,21,22). The highest BCUT2D eigenvalue weighted by molar-refractivity contribution is 7.99. The van der Waals surface area contributed by atoms with Crippen LogP contribution in [0.3, 0.4) is 0 Å². The zero-order chi connectivity index (χ0) is 22.2. The molecule has 1 aliphatic rings. The van der Waals surface area contributed by atoms with Gasteiger partial charge in [-0.1, -0.05) is 17.7 Å². The van der Waals surface area contributed by atoms with Gasteiger partial charge >= 0.3 is 0 Å². The molecule has 2 aromatic heterocycles. The van der Waals surface area contributed by atoms with E-state index >= 15 is 0 Å². The summed E-state index contributed by atoms with van der Waals surface area (Å²) < 4.78 is 39.4. The second-order valence-electron chi connectivity index (χ2n) is 6.91. The molecule has 4 rings (SSSR count). The summed E-state index contributed by atoms with van der Waals surface area (Å²) in [6.07, 6.45) is 7.03. The van der Waals surface area contributed by atoms with Crippen LogP contribution in [0.15, 0.2) is 28.5 Å². The van der Waals surface area contributed by atoms with Crippen molar-refractivity contribution in [3.63, 3.8) is 0 Å². The number of sulfonamides is 1. The fourth-order valence-corrected chi connectivity index (χ4v) is 4.62. The molecular formula is C19H20N6O4S2. The van der Waals surface area contributed by atoms with Gasteiger partial charge in [-0.3, -0.25) is 0 Å². The zero-order valence-electron chi connectivity index (χ0n) is 16.8. The van der Waals surface area contributed by atoms with E-state index in [9.17, 15) is 8.42 Å². The number of anilines is 1. The molecule has 31 heavy (non-hydrogen) atoms. The lowest BCUT2D eigenvalue weighted by atomic mass is 10.2. The minimum absolute atomic E-state index is 0.133. The number of hydrogen-bond acceptors (Lipinski definition) is 9. The van der Waals surface area contributed by atoms with Gasteiger partial charge in [0.25, 0.3) is 0 Å².